The van der Waals surface area contributed by atoms with Crippen molar-refractivity contribution in [2.75, 3.05) is 32.8 Å². The van der Waals surface area contributed by atoms with Crippen molar-refractivity contribution in [3.05, 3.63) is 78.2 Å². The van der Waals surface area contributed by atoms with E-state index in [1.54, 1.807) is 4.90 Å². The molecule has 4 rings (SSSR count). The van der Waals surface area contributed by atoms with Crippen LogP contribution in [0.2, 0.25) is 0 Å². The first-order chi connectivity index (χ1) is 16.9. The van der Waals surface area contributed by atoms with Crippen LogP contribution in [0.5, 0.6) is 0 Å². The van der Waals surface area contributed by atoms with E-state index in [9.17, 15) is 9.90 Å². The zero-order chi connectivity index (χ0) is 24.8. The number of benzene rings is 2. The molecule has 186 valence electrons. The minimum Gasteiger partial charge on any atom is -0.387 e. The Morgan fingerprint density at radius 2 is 1.86 bits per heavy atom. The number of hydrogen-bond donors (Lipinski definition) is 2. The molecule has 7 nitrogen and oxygen atoms in total. The van der Waals surface area contributed by atoms with Crippen LogP contribution in [0.15, 0.2) is 66.9 Å². The SMILES string of the molecule is CC(C)(C)[C@H](c1nc(-c2ccccc2)cn1Cc1ccccc1)N(C[C@@H]1CNCCO1)C(=O)CO. The first-order valence-corrected chi connectivity index (χ1v) is 12.3. The summed E-state index contributed by atoms with van der Waals surface area (Å²) in [6.07, 6.45) is 1.92. The number of hydrogen-bond acceptors (Lipinski definition) is 5. The maximum Gasteiger partial charge on any atom is 0.249 e. The number of morpholine rings is 1. The summed E-state index contributed by atoms with van der Waals surface area (Å²) in [6.45, 7) is 8.86. The zero-order valence-electron chi connectivity index (χ0n) is 20.9. The van der Waals surface area contributed by atoms with E-state index < -0.39 is 6.61 Å². The molecule has 1 saturated heterocycles. The van der Waals surface area contributed by atoms with Gasteiger partial charge in [-0.25, -0.2) is 4.98 Å². The lowest BCUT2D eigenvalue weighted by Crippen LogP contribution is -2.51. The highest BCUT2D eigenvalue weighted by Gasteiger charge is 2.39. The van der Waals surface area contributed by atoms with E-state index in [2.05, 4.69) is 49.0 Å². The summed E-state index contributed by atoms with van der Waals surface area (Å²) in [6, 6.07) is 20.0. The molecule has 2 heterocycles. The predicted octanol–water partition coefficient (Wildman–Crippen LogP) is 3.49. The van der Waals surface area contributed by atoms with Crippen LogP contribution in [-0.2, 0) is 16.1 Å². The summed E-state index contributed by atoms with van der Waals surface area (Å²) in [4.78, 5) is 20.0. The van der Waals surface area contributed by atoms with Crippen molar-refractivity contribution >= 4 is 5.91 Å². The molecular weight excluding hydrogens is 440 g/mol. The van der Waals surface area contributed by atoms with Gasteiger partial charge >= 0.3 is 0 Å². The van der Waals surface area contributed by atoms with E-state index in [4.69, 9.17) is 9.72 Å². The van der Waals surface area contributed by atoms with Crippen LogP contribution in [-0.4, -0.2) is 64.4 Å². The lowest BCUT2D eigenvalue weighted by atomic mass is 9.84. The van der Waals surface area contributed by atoms with E-state index in [1.807, 2.05) is 48.5 Å². The molecule has 0 aliphatic carbocycles. The first kappa shape index (κ1) is 25.1. The minimum absolute atomic E-state index is 0.143. The van der Waals surface area contributed by atoms with E-state index >= 15 is 0 Å². The number of ether oxygens (including phenoxy) is 1. The highest BCUT2D eigenvalue weighted by Crippen LogP contribution is 2.39. The largest absolute Gasteiger partial charge is 0.387 e. The molecule has 0 bridgehead atoms. The second-order valence-electron chi connectivity index (χ2n) is 10.1. The molecule has 1 fully saturated rings. The molecule has 0 saturated carbocycles. The molecule has 35 heavy (non-hydrogen) atoms. The lowest BCUT2D eigenvalue weighted by Gasteiger charge is -2.41. The Morgan fingerprint density at radius 1 is 1.17 bits per heavy atom. The van der Waals surface area contributed by atoms with Gasteiger partial charge in [-0.15, -0.1) is 0 Å². The number of carbonyl (C=O) groups excluding carboxylic acids is 1. The molecule has 0 radical (unpaired) electrons. The fraction of sp³-hybridized carbons (Fsp3) is 0.429. The first-order valence-electron chi connectivity index (χ1n) is 12.3. The van der Waals surface area contributed by atoms with Crippen molar-refractivity contribution < 1.29 is 14.6 Å². The Morgan fingerprint density at radius 3 is 2.46 bits per heavy atom. The Bertz CT molecular complexity index is 1090. The molecule has 1 aromatic heterocycles. The number of rotatable bonds is 8. The Hall–Kier alpha value is -3.00. The summed E-state index contributed by atoms with van der Waals surface area (Å²) >= 11 is 0. The van der Waals surface area contributed by atoms with Crippen molar-refractivity contribution in [3.8, 4) is 11.3 Å². The van der Waals surface area contributed by atoms with Gasteiger partial charge in [0.2, 0.25) is 5.91 Å². The maximum atomic E-state index is 13.2. The third kappa shape index (κ3) is 6.17. The van der Waals surface area contributed by atoms with Crippen LogP contribution in [0.25, 0.3) is 11.3 Å². The third-order valence-corrected chi connectivity index (χ3v) is 6.31. The van der Waals surface area contributed by atoms with Crippen molar-refractivity contribution in [1.29, 1.82) is 0 Å². The number of amides is 1. The van der Waals surface area contributed by atoms with Gasteiger partial charge in [0.05, 0.1) is 24.4 Å². The summed E-state index contributed by atoms with van der Waals surface area (Å²) in [5, 5.41) is 13.2. The molecule has 1 aliphatic heterocycles. The molecule has 1 aliphatic rings. The van der Waals surface area contributed by atoms with E-state index in [0.29, 0.717) is 26.2 Å². The smallest absolute Gasteiger partial charge is 0.249 e. The quantitative estimate of drug-likeness (QED) is 0.520. The van der Waals surface area contributed by atoms with Crippen LogP contribution in [0.1, 0.15) is 38.2 Å². The van der Waals surface area contributed by atoms with Crippen molar-refractivity contribution in [1.82, 2.24) is 19.8 Å². The fourth-order valence-electron chi connectivity index (χ4n) is 4.70. The minimum atomic E-state index is -0.558. The molecule has 0 unspecified atom stereocenters. The number of carbonyl (C=O) groups is 1. The zero-order valence-corrected chi connectivity index (χ0v) is 20.9. The second kappa shape index (κ2) is 11.2. The Kier molecular flexibility index (Phi) is 8.00. The van der Waals surface area contributed by atoms with E-state index in [0.717, 1.165) is 29.2 Å². The highest BCUT2D eigenvalue weighted by atomic mass is 16.5. The summed E-state index contributed by atoms with van der Waals surface area (Å²) in [5.41, 5.74) is 2.69. The van der Waals surface area contributed by atoms with Crippen molar-refractivity contribution in [2.45, 2.75) is 39.5 Å². The average molecular weight is 477 g/mol. The van der Waals surface area contributed by atoms with Gasteiger partial charge in [0, 0.05) is 37.9 Å². The maximum absolute atomic E-state index is 13.2. The van der Waals surface area contributed by atoms with Gasteiger partial charge in [-0.1, -0.05) is 81.4 Å². The number of imidazole rings is 1. The van der Waals surface area contributed by atoms with Gasteiger partial charge in [0.15, 0.2) is 0 Å². The fourth-order valence-corrected chi connectivity index (χ4v) is 4.70. The van der Waals surface area contributed by atoms with Gasteiger partial charge < -0.3 is 24.6 Å². The molecule has 7 heteroatoms. The summed E-state index contributed by atoms with van der Waals surface area (Å²) in [5.74, 6) is 0.473. The predicted molar refractivity (Wildman–Crippen MR) is 137 cm³/mol. The molecule has 2 aromatic carbocycles. The number of nitrogens with one attached hydrogen (secondary N) is 1. The van der Waals surface area contributed by atoms with Crippen LogP contribution >= 0.6 is 0 Å². The second-order valence-corrected chi connectivity index (χ2v) is 10.1. The molecule has 0 spiro atoms. The molecule has 3 aromatic rings. The summed E-state index contributed by atoms with van der Waals surface area (Å²) < 4.78 is 8.08. The lowest BCUT2D eigenvalue weighted by molar-refractivity contribution is -0.143. The van der Waals surface area contributed by atoms with Crippen LogP contribution < -0.4 is 5.32 Å². The Labute approximate surface area is 207 Å². The van der Waals surface area contributed by atoms with Gasteiger partial charge in [0.25, 0.3) is 0 Å². The average Bonchev–Trinajstić information content (AvgIpc) is 3.27. The normalized spacial score (nSPS) is 17.2. The van der Waals surface area contributed by atoms with E-state index in [-0.39, 0.29) is 23.5 Å². The number of aliphatic hydroxyl groups excluding tert-OH is 1. The van der Waals surface area contributed by atoms with Gasteiger partial charge in [0.1, 0.15) is 12.4 Å². The Balaban J connectivity index is 1.80. The number of aliphatic hydroxyl groups is 1. The highest BCUT2D eigenvalue weighted by molar-refractivity contribution is 5.78. The molecule has 2 N–H and O–H groups in total. The van der Waals surface area contributed by atoms with Crippen LogP contribution in [0.4, 0.5) is 0 Å². The van der Waals surface area contributed by atoms with Gasteiger partial charge in [-0.05, 0) is 11.0 Å². The van der Waals surface area contributed by atoms with E-state index in [1.165, 1.54) is 0 Å². The van der Waals surface area contributed by atoms with Crippen LogP contribution in [0.3, 0.4) is 0 Å². The van der Waals surface area contributed by atoms with Gasteiger partial charge in [-0.2, -0.15) is 0 Å². The van der Waals surface area contributed by atoms with Crippen LogP contribution in [0, 0.1) is 5.41 Å². The van der Waals surface area contributed by atoms with Crippen molar-refractivity contribution in [2.24, 2.45) is 5.41 Å². The topological polar surface area (TPSA) is 79.6 Å². The molecule has 1 amide bonds. The standard InChI is InChI=1S/C28H36N4O3/c1-28(2,3)26(32(25(34)20-33)18-23-16-29-14-15-35-23)27-30-24(22-12-8-5-9-13-22)19-31(27)17-21-10-6-4-7-11-21/h4-13,19,23,26,29,33H,14-18,20H2,1-3H3/t23-,26-/m0/s1. The monoisotopic (exact) mass is 476 g/mol. The number of aromatic nitrogens is 2. The van der Waals surface area contributed by atoms with Gasteiger partial charge in [-0.3, -0.25) is 4.79 Å². The summed E-state index contributed by atoms with van der Waals surface area (Å²) in [7, 11) is 0. The van der Waals surface area contributed by atoms with Crippen molar-refractivity contribution in [3.63, 3.8) is 0 Å². The molecule has 2 atom stereocenters. The molecular formula is C28H36N4O3. The third-order valence-electron chi connectivity index (χ3n) is 6.31. The number of nitrogens with zero attached hydrogens (tertiary/aromatic N) is 3.